The summed E-state index contributed by atoms with van der Waals surface area (Å²) in [6, 6.07) is 11.2. The molecule has 0 spiro atoms. The Kier molecular flexibility index (Phi) is 4.64. The van der Waals surface area contributed by atoms with Crippen molar-refractivity contribution in [1.29, 1.82) is 0 Å². The number of para-hydroxylation sites is 1. The van der Waals surface area contributed by atoms with E-state index in [1.54, 1.807) is 36.4 Å². The SMILES string of the molecule is NCC(Nc1ccccc1F)c1cc(Cl)ccc1Cl. The Bertz CT molecular complexity index is 575. The third-order valence-electron chi connectivity index (χ3n) is 2.77. The quantitative estimate of drug-likeness (QED) is 0.886. The molecule has 1 atom stereocenters. The molecule has 5 heteroatoms. The lowest BCUT2D eigenvalue weighted by Gasteiger charge is -2.20. The Morgan fingerprint density at radius 2 is 1.89 bits per heavy atom. The second-order valence-electron chi connectivity index (χ2n) is 4.08. The fraction of sp³-hybridized carbons (Fsp3) is 0.143. The normalized spacial score (nSPS) is 12.2. The fourth-order valence-corrected chi connectivity index (χ4v) is 2.24. The third kappa shape index (κ3) is 3.38. The van der Waals surface area contributed by atoms with E-state index in [1.165, 1.54) is 6.07 Å². The van der Waals surface area contributed by atoms with Crippen molar-refractivity contribution in [3.05, 3.63) is 63.9 Å². The van der Waals surface area contributed by atoms with Gasteiger partial charge >= 0.3 is 0 Å². The summed E-state index contributed by atoms with van der Waals surface area (Å²) >= 11 is 12.1. The number of nitrogens with one attached hydrogen (secondary N) is 1. The molecule has 2 aromatic rings. The van der Waals surface area contributed by atoms with Gasteiger partial charge in [0.15, 0.2) is 0 Å². The molecule has 0 aliphatic heterocycles. The lowest BCUT2D eigenvalue weighted by molar-refractivity contribution is 0.626. The molecule has 0 heterocycles. The zero-order valence-corrected chi connectivity index (χ0v) is 11.5. The van der Waals surface area contributed by atoms with Crippen molar-refractivity contribution in [2.45, 2.75) is 6.04 Å². The monoisotopic (exact) mass is 298 g/mol. The van der Waals surface area contributed by atoms with E-state index in [4.69, 9.17) is 28.9 Å². The number of rotatable bonds is 4. The standard InChI is InChI=1S/C14H13Cl2FN2/c15-9-5-6-11(16)10(7-9)14(8-18)19-13-4-2-1-3-12(13)17/h1-7,14,19H,8,18H2. The molecule has 0 saturated carbocycles. The Hall–Kier alpha value is -1.29. The van der Waals surface area contributed by atoms with Crippen LogP contribution < -0.4 is 11.1 Å². The first kappa shape index (κ1) is 14.1. The average Bonchev–Trinajstić information content (AvgIpc) is 2.41. The third-order valence-corrected chi connectivity index (χ3v) is 3.35. The van der Waals surface area contributed by atoms with Gasteiger partial charge in [0.2, 0.25) is 0 Å². The highest BCUT2D eigenvalue weighted by Crippen LogP contribution is 2.29. The summed E-state index contributed by atoms with van der Waals surface area (Å²) in [7, 11) is 0. The van der Waals surface area contributed by atoms with Gasteiger partial charge in [0, 0.05) is 16.6 Å². The molecule has 0 aromatic heterocycles. The van der Waals surface area contributed by atoms with E-state index >= 15 is 0 Å². The maximum atomic E-state index is 13.6. The van der Waals surface area contributed by atoms with Crippen LogP contribution in [0, 0.1) is 5.82 Å². The van der Waals surface area contributed by atoms with E-state index in [9.17, 15) is 4.39 Å². The van der Waals surface area contributed by atoms with Crippen molar-refractivity contribution in [2.24, 2.45) is 5.73 Å². The molecule has 0 saturated heterocycles. The van der Waals surface area contributed by atoms with Gasteiger partial charge in [-0.05, 0) is 35.9 Å². The summed E-state index contributed by atoms with van der Waals surface area (Å²) in [4.78, 5) is 0. The van der Waals surface area contributed by atoms with E-state index in [2.05, 4.69) is 5.32 Å². The molecule has 3 N–H and O–H groups in total. The minimum atomic E-state index is -0.334. The van der Waals surface area contributed by atoms with Crippen LogP contribution in [0.5, 0.6) is 0 Å². The van der Waals surface area contributed by atoms with Gasteiger partial charge in [-0.25, -0.2) is 4.39 Å². The number of hydrogen-bond donors (Lipinski definition) is 2. The maximum absolute atomic E-state index is 13.6. The smallest absolute Gasteiger partial charge is 0.146 e. The van der Waals surface area contributed by atoms with Gasteiger partial charge in [0.1, 0.15) is 5.82 Å². The molecule has 1 unspecified atom stereocenters. The van der Waals surface area contributed by atoms with Crippen molar-refractivity contribution in [3.63, 3.8) is 0 Å². The molecule has 0 bridgehead atoms. The van der Waals surface area contributed by atoms with Crippen molar-refractivity contribution in [3.8, 4) is 0 Å². The van der Waals surface area contributed by atoms with Crippen LogP contribution in [-0.4, -0.2) is 6.54 Å². The summed E-state index contributed by atoms with van der Waals surface area (Å²) in [6.07, 6.45) is 0. The molecule has 19 heavy (non-hydrogen) atoms. The lowest BCUT2D eigenvalue weighted by Crippen LogP contribution is -2.21. The van der Waals surface area contributed by atoms with Crippen LogP contribution in [0.15, 0.2) is 42.5 Å². The van der Waals surface area contributed by atoms with E-state index in [0.717, 1.165) is 5.56 Å². The van der Waals surface area contributed by atoms with E-state index in [-0.39, 0.29) is 18.4 Å². The summed E-state index contributed by atoms with van der Waals surface area (Å²) in [6.45, 7) is 0.272. The van der Waals surface area contributed by atoms with Crippen LogP contribution in [0.1, 0.15) is 11.6 Å². The first-order chi connectivity index (χ1) is 9.11. The van der Waals surface area contributed by atoms with Crippen LogP contribution in [0.25, 0.3) is 0 Å². The summed E-state index contributed by atoms with van der Waals surface area (Å²) in [5, 5.41) is 4.15. The first-order valence-corrected chi connectivity index (χ1v) is 6.53. The molecule has 2 rings (SSSR count). The van der Waals surface area contributed by atoms with Crippen LogP contribution in [0.2, 0.25) is 10.0 Å². The van der Waals surface area contributed by atoms with Crippen molar-refractivity contribution < 1.29 is 4.39 Å². The molecular formula is C14H13Cl2FN2. The molecule has 0 amide bonds. The first-order valence-electron chi connectivity index (χ1n) is 5.78. The second-order valence-corrected chi connectivity index (χ2v) is 4.92. The van der Waals surface area contributed by atoms with Gasteiger partial charge in [-0.15, -0.1) is 0 Å². The molecule has 2 nitrogen and oxygen atoms in total. The van der Waals surface area contributed by atoms with E-state index in [1.807, 2.05) is 0 Å². The van der Waals surface area contributed by atoms with Crippen LogP contribution in [-0.2, 0) is 0 Å². The summed E-state index contributed by atoms with van der Waals surface area (Å²) < 4.78 is 13.6. The Morgan fingerprint density at radius 1 is 1.16 bits per heavy atom. The predicted octanol–water partition coefficient (Wildman–Crippen LogP) is 4.24. The van der Waals surface area contributed by atoms with Crippen molar-refractivity contribution >= 4 is 28.9 Å². The van der Waals surface area contributed by atoms with Crippen LogP contribution in [0.4, 0.5) is 10.1 Å². The summed E-state index contributed by atoms with van der Waals surface area (Å²) in [5.41, 5.74) is 6.87. The van der Waals surface area contributed by atoms with E-state index < -0.39 is 0 Å². The predicted molar refractivity (Wildman–Crippen MR) is 78.3 cm³/mol. The van der Waals surface area contributed by atoms with Crippen molar-refractivity contribution in [1.82, 2.24) is 0 Å². The average molecular weight is 299 g/mol. The molecule has 0 fully saturated rings. The molecule has 0 aliphatic rings. The Labute approximate surface area is 121 Å². The minimum Gasteiger partial charge on any atom is -0.375 e. The molecule has 2 aromatic carbocycles. The highest BCUT2D eigenvalue weighted by Gasteiger charge is 2.15. The van der Waals surface area contributed by atoms with Gasteiger partial charge in [0.25, 0.3) is 0 Å². The topological polar surface area (TPSA) is 38.0 Å². The maximum Gasteiger partial charge on any atom is 0.146 e. The van der Waals surface area contributed by atoms with Gasteiger partial charge in [-0.3, -0.25) is 0 Å². The number of hydrogen-bond acceptors (Lipinski definition) is 2. The Morgan fingerprint density at radius 3 is 2.58 bits per heavy atom. The van der Waals surface area contributed by atoms with Gasteiger partial charge in [-0.2, -0.15) is 0 Å². The number of anilines is 1. The number of benzene rings is 2. The molecule has 100 valence electrons. The van der Waals surface area contributed by atoms with Crippen LogP contribution in [0.3, 0.4) is 0 Å². The largest absolute Gasteiger partial charge is 0.375 e. The summed E-state index contributed by atoms with van der Waals surface area (Å²) in [5.74, 6) is -0.334. The van der Waals surface area contributed by atoms with Gasteiger partial charge in [-0.1, -0.05) is 35.3 Å². The molecule has 0 radical (unpaired) electrons. The molecule has 0 aliphatic carbocycles. The zero-order valence-electron chi connectivity index (χ0n) is 10.0. The van der Waals surface area contributed by atoms with Gasteiger partial charge in [0.05, 0.1) is 11.7 Å². The second kappa shape index (κ2) is 6.24. The minimum absolute atomic E-state index is 0.272. The number of nitrogens with two attached hydrogens (primary N) is 1. The van der Waals surface area contributed by atoms with Gasteiger partial charge < -0.3 is 11.1 Å². The highest BCUT2D eigenvalue weighted by atomic mass is 35.5. The fourth-order valence-electron chi connectivity index (χ4n) is 1.81. The lowest BCUT2D eigenvalue weighted by atomic mass is 10.1. The van der Waals surface area contributed by atoms with Crippen molar-refractivity contribution in [2.75, 3.05) is 11.9 Å². The van der Waals surface area contributed by atoms with E-state index in [0.29, 0.717) is 15.7 Å². The Balaban J connectivity index is 2.30. The molecular weight excluding hydrogens is 286 g/mol. The number of halogens is 3. The van der Waals surface area contributed by atoms with Crippen LogP contribution >= 0.6 is 23.2 Å². The highest BCUT2D eigenvalue weighted by molar-refractivity contribution is 6.33. The zero-order chi connectivity index (χ0) is 13.8.